The van der Waals surface area contributed by atoms with Crippen LogP contribution in [0, 0.1) is 17.5 Å². The molecule has 7 heteroatoms. The van der Waals surface area contributed by atoms with Crippen LogP contribution in [-0.2, 0) is 0 Å². The van der Waals surface area contributed by atoms with Crippen LogP contribution in [0.5, 0.6) is 0 Å². The van der Waals surface area contributed by atoms with Gasteiger partial charge in [0.25, 0.3) is 0 Å². The second-order valence-electron chi connectivity index (χ2n) is 7.10. The van der Waals surface area contributed by atoms with Crippen molar-refractivity contribution in [2.75, 3.05) is 10.6 Å². The first-order valence-electron chi connectivity index (χ1n) is 9.16. The van der Waals surface area contributed by atoms with Crippen LogP contribution in [0.4, 0.5) is 30.6 Å². The van der Waals surface area contributed by atoms with Crippen LogP contribution >= 0.6 is 0 Å². The highest BCUT2D eigenvalue weighted by atomic mass is 19.2. The Kier molecular flexibility index (Phi) is 4.70. The molecule has 1 aromatic carbocycles. The van der Waals surface area contributed by atoms with Crippen molar-refractivity contribution in [2.45, 2.75) is 56.9 Å². The summed E-state index contributed by atoms with van der Waals surface area (Å²) in [5.74, 6) is -2.14. The maximum atomic E-state index is 14.0. The van der Waals surface area contributed by atoms with E-state index in [0.717, 1.165) is 43.5 Å². The fourth-order valence-corrected chi connectivity index (χ4v) is 3.38. The van der Waals surface area contributed by atoms with Crippen LogP contribution in [-0.4, -0.2) is 16.0 Å². The smallest absolute Gasteiger partial charge is 0.225 e. The van der Waals surface area contributed by atoms with Gasteiger partial charge in [0, 0.05) is 18.0 Å². The molecule has 1 aromatic heterocycles. The molecule has 2 aromatic rings. The zero-order chi connectivity index (χ0) is 18.1. The van der Waals surface area contributed by atoms with E-state index in [9.17, 15) is 13.2 Å². The summed E-state index contributed by atoms with van der Waals surface area (Å²) < 4.78 is 41.3. The van der Waals surface area contributed by atoms with Crippen molar-refractivity contribution in [1.82, 2.24) is 9.97 Å². The zero-order valence-corrected chi connectivity index (χ0v) is 14.4. The highest BCUT2D eigenvalue weighted by Gasteiger charge is 2.27. The van der Waals surface area contributed by atoms with Crippen LogP contribution < -0.4 is 10.6 Å². The molecule has 0 bridgehead atoms. The van der Waals surface area contributed by atoms with Gasteiger partial charge in [0.05, 0.1) is 5.69 Å². The summed E-state index contributed by atoms with van der Waals surface area (Å²) in [5, 5.41) is 5.95. The summed E-state index contributed by atoms with van der Waals surface area (Å²) in [6, 6.07) is 3.66. The van der Waals surface area contributed by atoms with E-state index in [1.54, 1.807) is 6.07 Å². The van der Waals surface area contributed by atoms with Gasteiger partial charge < -0.3 is 10.6 Å². The third-order valence-electron chi connectivity index (χ3n) is 4.98. The van der Waals surface area contributed by atoms with Gasteiger partial charge >= 0.3 is 0 Å². The van der Waals surface area contributed by atoms with E-state index in [-0.39, 0.29) is 5.82 Å². The van der Waals surface area contributed by atoms with Gasteiger partial charge in [-0.05, 0) is 37.8 Å². The predicted molar refractivity (Wildman–Crippen MR) is 94.1 cm³/mol. The Morgan fingerprint density at radius 1 is 0.885 bits per heavy atom. The van der Waals surface area contributed by atoms with Gasteiger partial charge in [-0.15, -0.1) is 0 Å². The van der Waals surface area contributed by atoms with Gasteiger partial charge in [-0.1, -0.05) is 19.3 Å². The summed E-state index contributed by atoms with van der Waals surface area (Å²) >= 11 is 0. The molecule has 138 valence electrons. The van der Waals surface area contributed by atoms with E-state index in [1.807, 2.05) is 0 Å². The number of rotatable bonds is 5. The number of nitrogens with zero attached hydrogens (tertiary/aromatic N) is 2. The van der Waals surface area contributed by atoms with E-state index in [2.05, 4.69) is 20.6 Å². The molecule has 0 unspecified atom stereocenters. The molecule has 0 aliphatic heterocycles. The first-order chi connectivity index (χ1) is 12.6. The molecule has 0 saturated heterocycles. The standard InChI is InChI=1S/C19H21F3N4/c20-13-8-9-14(21)18(17(13)22)25-16-10-15(11-6-7-11)24-19(26-16)23-12-4-2-1-3-5-12/h8-12H,1-7H2,(H2,23,24,25,26). The number of nitrogens with one attached hydrogen (secondary N) is 2. The Labute approximate surface area is 150 Å². The Morgan fingerprint density at radius 3 is 2.35 bits per heavy atom. The van der Waals surface area contributed by atoms with Crippen molar-refractivity contribution in [3.8, 4) is 0 Å². The Balaban J connectivity index is 1.62. The van der Waals surface area contributed by atoms with E-state index >= 15 is 0 Å². The molecule has 0 amide bonds. The van der Waals surface area contributed by atoms with Crippen LogP contribution in [0.15, 0.2) is 18.2 Å². The summed E-state index contributed by atoms with van der Waals surface area (Å²) in [5.41, 5.74) is 0.312. The summed E-state index contributed by atoms with van der Waals surface area (Å²) in [6.45, 7) is 0. The average Bonchev–Trinajstić information content (AvgIpc) is 3.48. The predicted octanol–water partition coefficient (Wildman–Crippen LogP) is 5.26. The first-order valence-corrected chi connectivity index (χ1v) is 9.16. The van der Waals surface area contributed by atoms with E-state index in [1.165, 1.54) is 19.3 Å². The minimum Gasteiger partial charge on any atom is -0.351 e. The third kappa shape index (κ3) is 3.76. The lowest BCUT2D eigenvalue weighted by Crippen LogP contribution is -2.24. The van der Waals surface area contributed by atoms with Gasteiger partial charge in [-0.2, -0.15) is 4.98 Å². The largest absolute Gasteiger partial charge is 0.351 e. The van der Waals surface area contributed by atoms with Gasteiger partial charge in [0.2, 0.25) is 5.95 Å². The van der Waals surface area contributed by atoms with Gasteiger partial charge in [0.15, 0.2) is 11.6 Å². The fourth-order valence-electron chi connectivity index (χ4n) is 3.38. The van der Waals surface area contributed by atoms with Crippen LogP contribution in [0.1, 0.15) is 56.6 Å². The van der Waals surface area contributed by atoms with Crippen LogP contribution in [0.25, 0.3) is 0 Å². The molecular formula is C19H21F3N4. The molecule has 0 spiro atoms. The Hall–Kier alpha value is -2.31. The quantitative estimate of drug-likeness (QED) is 0.713. The average molecular weight is 362 g/mol. The summed E-state index contributed by atoms with van der Waals surface area (Å²) in [7, 11) is 0. The van der Waals surface area contributed by atoms with Crippen LogP contribution in [0.3, 0.4) is 0 Å². The Bertz CT molecular complexity index is 802. The number of halogens is 3. The molecule has 0 atom stereocenters. The van der Waals surface area contributed by atoms with Crippen molar-refractivity contribution in [1.29, 1.82) is 0 Å². The second kappa shape index (κ2) is 7.13. The number of benzene rings is 1. The first kappa shape index (κ1) is 17.1. The zero-order valence-electron chi connectivity index (χ0n) is 14.4. The lowest BCUT2D eigenvalue weighted by molar-refractivity contribution is 0.460. The van der Waals surface area contributed by atoms with Crippen molar-refractivity contribution in [2.24, 2.45) is 0 Å². The lowest BCUT2D eigenvalue weighted by atomic mass is 9.96. The van der Waals surface area contributed by atoms with Crippen molar-refractivity contribution in [3.05, 3.63) is 41.3 Å². The molecule has 2 saturated carbocycles. The molecule has 2 aliphatic rings. The highest BCUT2D eigenvalue weighted by molar-refractivity contribution is 5.59. The van der Waals surface area contributed by atoms with E-state index < -0.39 is 23.1 Å². The molecule has 26 heavy (non-hydrogen) atoms. The van der Waals surface area contributed by atoms with E-state index in [4.69, 9.17) is 0 Å². The molecular weight excluding hydrogens is 341 g/mol. The third-order valence-corrected chi connectivity index (χ3v) is 4.98. The molecule has 0 radical (unpaired) electrons. The molecule has 2 N–H and O–H groups in total. The monoisotopic (exact) mass is 362 g/mol. The van der Waals surface area contributed by atoms with E-state index in [0.29, 0.717) is 17.9 Å². The number of anilines is 3. The Morgan fingerprint density at radius 2 is 1.62 bits per heavy atom. The molecule has 4 nitrogen and oxygen atoms in total. The highest BCUT2D eigenvalue weighted by Crippen LogP contribution is 2.40. The topological polar surface area (TPSA) is 49.8 Å². The van der Waals surface area contributed by atoms with Gasteiger partial charge in [-0.3, -0.25) is 0 Å². The number of aromatic nitrogens is 2. The maximum absolute atomic E-state index is 14.0. The SMILES string of the molecule is Fc1ccc(F)c(Nc2cc(C3CC3)nc(NC3CCCCC3)n2)c1F. The lowest BCUT2D eigenvalue weighted by Gasteiger charge is -2.23. The summed E-state index contributed by atoms with van der Waals surface area (Å²) in [4.78, 5) is 8.93. The summed E-state index contributed by atoms with van der Waals surface area (Å²) in [6.07, 6.45) is 7.80. The van der Waals surface area contributed by atoms with Crippen molar-refractivity contribution >= 4 is 17.5 Å². The second-order valence-corrected chi connectivity index (χ2v) is 7.10. The van der Waals surface area contributed by atoms with Gasteiger partial charge in [0.1, 0.15) is 17.3 Å². The minimum atomic E-state index is -1.25. The number of hydrogen-bond acceptors (Lipinski definition) is 4. The molecule has 2 fully saturated rings. The number of hydrogen-bond donors (Lipinski definition) is 2. The van der Waals surface area contributed by atoms with Crippen LogP contribution in [0.2, 0.25) is 0 Å². The normalized spacial score (nSPS) is 18.0. The van der Waals surface area contributed by atoms with Crippen molar-refractivity contribution in [3.63, 3.8) is 0 Å². The van der Waals surface area contributed by atoms with Crippen molar-refractivity contribution < 1.29 is 13.2 Å². The molecule has 2 aliphatic carbocycles. The minimum absolute atomic E-state index is 0.267. The maximum Gasteiger partial charge on any atom is 0.225 e. The fraction of sp³-hybridized carbons (Fsp3) is 0.474. The van der Waals surface area contributed by atoms with Gasteiger partial charge in [-0.25, -0.2) is 18.2 Å². The molecule has 1 heterocycles. The molecule has 4 rings (SSSR count).